The molecule has 1 amide bonds. The first-order chi connectivity index (χ1) is 19.6. The lowest BCUT2D eigenvalue weighted by atomic mass is 10.1. The van der Waals surface area contributed by atoms with Crippen molar-refractivity contribution >= 4 is 22.9 Å². The molecule has 2 N–H and O–H groups in total. The second-order valence-electron chi connectivity index (χ2n) is 10.8. The number of hydrogen-bond acceptors (Lipinski definition) is 6. The van der Waals surface area contributed by atoms with Crippen LogP contribution < -0.4 is 15.6 Å². The van der Waals surface area contributed by atoms with E-state index >= 15 is 0 Å². The van der Waals surface area contributed by atoms with Gasteiger partial charge in [0.2, 0.25) is 5.95 Å². The smallest absolute Gasteiger partial charge is 0.253 e. The second kappa shape index (κ2) is 15.6. The Morgan fingerprint density at radius 3 is 2.35 bits per heavy atom. The third-order valence-corrected chi connectivity index (χ3v) is 7.74. The Morgan fingerprint density at radius 2 is 1.68 bits per heavy atom. The number of nitrogens with zero attached hydrogens (tertiary/aromatic N) is 4. The number of unbranched alkanes of at least 4 members (excludes halogenated alkanes) is 2. The van der Waals surface area contributed by atoms with Gasteiger partial charge < -0.3 is 24.5 Å². The number of piperidine rings is 1. The molecular weight excluding hydrogens is 500 g/mol. The Kier molecular flexibility index (Phi) is 11.7. The van der Waals surface area contributed by atoms with E-state index in [1.807, 2.05) is 29.2 Å². The first-order valence-electron chi connectivity index (χ1n) is 15.3. The Morgan fingerprint density at radius 1 is 0.950 bits per heavy atom. The summed E-state index contributed by atoms with van der Waals surface area (Å²) < 4.78 is 2.27. The number of benzene rings is 2. The second-order valence-corrected chi connectivity index (χ2v) is 10.8. The van der Waals surface area contributed by atoms with Crippen LogP contribution >= 0.6 is 0 Å². The highest BCUT2D eigenvalue weighted by molar-refractivity contribution is 5.97. The van der Waals surface area contributed by atoms with E-state index in [9.17, 15) is 4.79 Å². The van der Waals surface area contributed by atoms with Gasteiger partial charge in [0.05, 0.1) is 11.0 Å². The quantitative estimate of drug-likeness (QED) is 0.211. The Bertz CT molecular complexity index is 1180. The fourth-order valence-electron chi connectivity index (χ4n) is 5.42. The summed E-state index contributed by atoms with van der Waals surface area (Å²) in [5, 5.41) is 3.57. The lowest BCUT2D eigenvalue weighted by Gasteiger charge is -2.26. The predicted molar refractivity (Wildman–Crippen MR) is 164 cm³/mol. The lowest BCUT2D eigenvalue weighted by molar-refractivity contribution is 0.0751. The minimum absolute atomic E-state index is 0.128. The van der Waals surface area contributed by atoms with Crippen LogP contribution in [0.15, 0.2) is 42.5 Å². The van der Waals surface area contributed by atoms with Crippen molar-refractivity contribution in [3.63, 3.8) is 0 Å². The van der Waals surface area contributed by atoms with Crippen LogP contribution in [0.3, 0.4) is 0 Å². The number of anilines is 1. The fraction of sp³-hybridized carbons (Fsp3) is 0.562. The van der Waals surface area contributed by atoms with Crippen molar-refractivity contribution in [2.24, 2.45) is 0 Å². The number of likely N-dealkylation sites (tertiary alicyclic amines) is 1. The van der Waals surface area contributed by atoms with Gasteiger partial charge in [-0.25, -0.2) is 4.98 Å². The van der Waals surface area contributed by atoms with E-state index in [-0.39, 0.29) is 5.91 Å². The molecule has 8 nitrogen and oxygen atoms in total. The number of rotatable bonds is 16. The summed E-state index contributed by atoms with van der Waals surface area (Å²) in [4.78, 5) is 28.5. The fourth-order valence-corrected chi connectivity index (χ4v) is 5.42. The Hall–Kier alpha value is -3.10. The number of nitrogens with one attached hydrogen (secondary N) is 2. The maximum absolute atomic E-state index is 13.6. The van der Waals surface area contributed by atoms with Gasteiger partial charge in [0.15, 0.2) is 0 Å². The summed E-state index contributed by atoms with van der Waals surface area (Å²) in [6, 6.07) is 14.0. The highest BCUT2D eigenvalue weighted by atomic mass is 16.6. The molecule has 218 valence electrons. The standard InChI is InChI=1S/C32H48N6O2/c1-4-6-21-37(22-7-5-2)31(39)27-14-17-29-30(24-27)38(23-11-20-36-18-9-8-10-19-36)32(35-29)34-25-26-12-15-28(16-13-26)40-33-3/h12-17,24,33H,4-11,18-23,25H2,1-3H3,(H,34,35). The van der Waals surface area contributed by atoms with Gasteiger partial charge in [0.25, 0.3) is 5.91 Å². The molecule has 4 rings (SSSR count). The van der Waals surface area contributed by atoms with Crippen molar-refractivity contribution in [1.29, 1.82) is 0 Å². The molecule has 2 heterocycles. The molecule has 1 saturated heterocycles. The number of hydrogen-bond donors (Lipinski definition) is 2. The Labute approximate surface area is 240 Å². The van der Waals surface area contributed by atoms with Gasteiger partial charge in [-0.05, 0) is 87.6 Å². The molecule has 1 fully saturated rings. The van der Waals surface area contributed by atoms with Crippen molar-refractivity contribution in [2.45, 2.75) is 78.3 Å². The minimum Gasteiger partial charge on any atom is -0.409 e. The van der Waals surface area contributed by atoms with E-state index in [4.69, 9.17) is 9.82 Å². The average Bonchev–Trinajstić information content (AvgIpc) is 3.34. The molecule has 0 saturated carbocycles. The molecule has 1 aliphatic rings. The van der Waals surface area contributed by atoms with E-state index in [1.54, 1.807) is 7.05 Å². The average molecular weight is 549 g/mol. The summed E-state index contributed by atoms with van der Waals surface area (Å²) in [7, 11) is 1.75. The van der Waals surface area contributed by atoms with Crippen molar-refractivity contribution in [2.75, 3.05) is 45.1 Å². The third kappa shape index (κ3) is 8.21. The summed E-state index contributed by atoms with van der Waals surface area (Å²) in [5.74, 6) is 1.76. The maximum Gasteiger partial charge on any atom is 0.253 e. The zero-order valence-electron chi connectivity index (χ0n) is 24.8. The highest BCUT2D eigenvalue weighted by Gasteiger charge is 2.19. The van der Waals surface area contributed by atoms with Crippen molar-refractivity contribution in [1.82, 2.24) is 24.8 Å². The molecule has 3 aromatic rings. The Balaban J connectivity index is 1.55. The van der Waals surface area contributed by atoms with E-state index in [0.29, 0.717) is 6.54 Å². The molecular formula is C32H48N6O2. The number of carbonyl (C=O) groups excluding carboxylic acids is 1. The minimum atomic E-state index is 0.128. The monoisotopic (exact) mass is 548 g/mol. The van der Waals surface area contributed by atoms with Gasteiger partial charge in [0, 0.05) is 38.8 Å². The highest BCUT2D eigenvalue weighted by Crippen LogP contribution is 2.24. The van der Waals surface area contributed by atoms with E-state index < -0.39 is 0 Å². The van der Waals surface area contributed by atoms with Crippen molar-refractivity contribution in [3.8, 4) is 5.75 Å². The largest absolute Gasteiger partial charge is 0.409 e. The molecule has 0 aliphatic carbocycles. The van der Waals surface area contributed by atoms with Crippen LogP contribution in [0, 0.1) is 0 Å². The molecule has 2 aromatic carbocycles. The van der Waals surface area contributed by atoms with E-state index in [0.717, 1.165) is 92.1 Å². The molecule has 0 radical (unpaired) electrons. The molecule has 0 unspecified atom stereocenters. The molecule has 40 heavy (non-hydrogen) atoms. The van der Waals surface area contributed by atoms with Crippen molar-refractivity contribution in [3.05, 3.63) is 53.6 Å². The molecule has 1 aromatic heterocycles. The summed E-state index contributed by atoms with van der Waals surface area (Å²) in [6.45, 7) is 11.0. The normalized spacial score (nSPS) is 14.0. The number of aryl methyl sites for hydroxylation is 1. The predicted octanol–water partition coefficient (Wildman–Crippen LogP) is 6.08. The number of carbonyl (C=O) groups is 1. The number of aromatic nitrogens is 2. The van der Waals surface area contributed by atoms with Crippen molar-refractivity contribution < 1.29 is 9.63 Å². The molecule has 1 aliphatic heterocycles. The first kappa shape index (κ1) is 29.9. The zero-order valence-corrected chi connectivity index (χ0v) is 24.8. The van der Waals surface area contributed by atoms with Gasteiger partial charge >= 0.3 is 0 Å². The van der Waals surface area contributed by atoms with E-state index in [1.165, 1.54) is 32.4 Å². The molecule has 0 bridgehead atoms. The molecule has 8 heteroatoms. The number of hydroxylamine groups is 1. The van der Waals surface area contributed by atoms with Gasteiger partial charge in [0.1, 0.15) is 5.75 Å². The number of amides is 1. The molecule has 0 spiro atoms. The van der Waals surface area contributed by atoms with Crippen LogP contribution in [-0.2, 0) is 13.1 Å². The van der Waals surface area contributed by atoms with E-state index in [2.05, 4.69) is 52.3 Å². The molecule has 0 atom stereocenters. The lowest BCUT2D eigenvalue weighted by Crippen LogP contribution is -2.33. The van der Waals surface area contributed by atoms with Gasteiger partial charge in [-0.15, -0.1) is 0 Å². The van der Waals surface area contributed by atoms with Gasteiger partial charge in [-0.2, -0.15) is 5.48 Å². The number of fused-ring (bicyclic) bond motifs is 1. The summed E-state index contributed by atoms with van der Waals surface area (Å²) in [6.07, 6.45) is 9.23. The van der Waals surface area contributed by atoms with Gasteiger partial charge in [-0.1, -0.05) is 45.2 Å². The zero-order chi connectivity index (χ0) is 28.2. The summed E-state index contributed by atoms with van der Waals surface area (Å²) >= 11 is 0. The topological polar surface area (TPSA) is 74.7 Å². The summed E-state index contributed by atoms with van der Waals surface area (Å²) in [5.41, 5.74) is 6.55. The SMILES string of the molecule is CCCCN(CCCC)C(=O)c1ccc2nc(NCc3ccc(ONC)cc3)n(CCCN3CCCCC3)c2c1. The van der Waals surface area contributed by atoms with Crippen LogP contribution in [0.5, 0.6) is 5.75 Å². The maximum atomic E-state index is 13.6. The van der Waals surface area contributed by atoms with Crippen LogP contribution in [0.4, 0.5) is 5.95 Å². The third-order valence-electron chi connectivity index (χ3n) is 7.74. The van der Waals surface area contributed by atoms with Gasteiger partial charge in [-0.3, -0.25) is 4.79 Å². The van der Waals surface area contributed by atoms with Crippen LogP contribution in [-0.4, -0.2) is 65.0 Å². The van der Waals surface area contributed by atoms with Crippen LogP contribution in [0.1, 0.15) is 81.1 Å². The first-order valence-corrected chi connectivity index (χ1v) is 15.3. The van der Waals surface area contributed by atoms with Crippen LogP contribution in [0.2, 0.25) is 0 Å². The van der Waals surface area contributed by atoms with Crippen LogP contribution in [0.25, 0.3) is 11.0 Å². The number of imidazole rings is 1.